The van der Waals surface area contributed by atoms with Gasteiger partial charge in [0.25, 0.3) is 0 Å². The number of hydrogen-bond acceptors (Lipinski definition) is 2. The van der Waals surface area contributed by atoms with Crippen molar-refractivity contribution in [1.82, 2.24) is 0 Å². The highest BCUT2D eigenvalue weighted by Gasteiger charge is 2.01. The Morgan fingerprint density at radius 3 is 2.00 bits per heavy atom. The van der Waals surface area contributed by atoms with Crippen LogP contribution in [-0.2, 0) is 9.59 Å². The first-order valence-corrected chi connectivity index (χ1v) is 1.91. The quantitative estimate of drug-likeness (QED) is 0.534. The number of hydrogen-bond donors (Lipinski definition) is 2. The number of carbonyl (C=O) groups is 2. The Hall–Kier alpha value is -1.06. The summed E-state index contributed by atoms with van der Waals surface area (Å²) < 4.78 is 0. The van der Waals surface area contributed by atoms with Crippen molar-refractivity contribution in [3.63, 3.8) is 0 Å². The van der Waals surface area contributed by atoms with Gasteiger partial charge in [0, 0.05) is 0 Å². The van der Waals surface area contributed by atoms with Gasteiger partial charge in [-0.05, 0) is 0 Å². The zero-order chi connectivity index (χ0) is 6.57. The van der Waals surface area contributed by atoms with E-state index in [9.17, 15) is 9.59 Å². The van der Waals surface area contributed by atoms with Crippen molar-refractivity contribution in [3.8, 4) is 0 Å². The number of rotatable bonds is 3. The molecule has 0 aliphatic rings. The minimum atomic E-state index is -1.20. The van der Waals surface area contributed by atoms with Crippen molar-refractivity contribution in [2.45, 2.75) is 6.42 Å². The predicted octanol–water partition coefficient (Wildman–Crippen LogP) is -0.250. The smallest absolute Gasteiger partial charge is 0.307 e. The third-order valence-corrected chi connectivity index (χ3v) is 0.451. The summed E-state index contributed by atoms with van der Waals surface area (Å²) in [7, 11) is 0. The third kappa shape index (κ3) is 4.94. The van der Waals surface area contributed by atoms with Crippen LogP contribution >= 0.6 is 0 Å². The maximum Gasteiger partial charge on any atom is 0.307 e. The Kier molecular flexibility index (Phi) is 2.61. The second-order valence-corrected chi connectivity index (χ2v) is 1.14. The molecule has 8 heavy (non-hydrogen) atoms. The van der Waals surface area contributed by atoms with Crippen molar-refractivity contribution in [3.05, 3.63) is 6.42 Å². The summed E-state index contributed by atoms with van der Waals surface area (Å²) in [6.45, 7) is 0. The lowest BCUT2D eigenvalue weighted by Crippen LogP contribution is -2.01. The first-order valence-electron chi connectivity index (χ1n) is 1.91. The third-order valence-electron chi connectivity index (χ3n) is 0.451. The zero-order valence-corrected chi connectivity index (χ0v) is 4.00. The molecule has 45 valence electrons. The zero-order valence-electron chi connectivity index (χ0n) is 4.00. The Bertz CT molecular complexity index is 92.6. The molecular formula is C4H5O4. The van der Waals surface area contributed by atoms with Crippen molar-refractivity contribution < 1.29 is 19.8 Å². The summed E-state index contributed by atoms with van der Waals surface area (Å²) in [5.74, 6) is -2.33. The van der Waals surface area contributed by atoms with E-state index < -0.39 is 18.4 Å². The fourth-order valence-electron chi connectivity index (χ4n) is 0.175. The molecule has 0 bridgehead atoms. The van der Waals surface area contributed by atoms with Crippen molar-refractivity contribution in [1.29, 1.82) is 0 Å². The van der Waals surface area contributed by atoms with Crippen LogP contribution < -0.4 is 0 Å². The summed E-state index contributed by atoms with van der Waals surface area (Å²) in [6, 6.07) is 0. The largest absolute Gasteiger partial charge is 0.481 e. The van der Waals surface area contributed by atoms with E-state index in [0.717, 1.165) is 0 Å². The highest BCUT2D eigenvalue weighted by Crippen LogP contribution is 1.84. The Morgan fingerprint density at radius 1 is 1.38 bits per heavy atom. The number of carboxylic acids is 2. The van der Waals surface area contributed by atoms with Gasteiger partial charge in [-0.2, -0.15) is 0 Å². The van der Waals surface area contributed by atoms with Crippen LogP contribution in [0.5, 0.6) is 0 Å². The van der Waals surface area contributed by atoms with Gasteiger partial charge in [-0.3, -0.25) is 9.59 Å². The molecular weight excluding hydrogens is 112 g/mol. The van der Waals surface area contributed by atoms with E-state index in [2.05, 4.69) is 0 Å². The predicted molar refractivity (Wildman–Crippen MR) is 24.2 cm³/mol. The number of carboxylic acid groups (broad SMARTS) is 2. The molecule has 4 nitrogen and oxygen atoms in total. The van der Waals surface area contributed by atoms with Crippen molar-refractivity contribution in [2.24, 2.45) is 0 Å². The lowest BCUT2D eigenvalue weighted by atomic mass is 10.3. The molecule has 0 atom stereocenters. The second kappa shape index (κ2) is 3.01. The highest BCUT2D eigenvalue weighted by molar-refractivity contribution is 5.83. The molecule has 0 saturated heterocycles. The Balaban J connectivity index is 3.18. The lowest BCUT2D eigenvalue weighted by molar-refractivity contribution is -0.140. The van der Waals surface area contributed by atoms with Crippen LogP contribution in [0.1, 0.15) is 6.42 Å². The van der Waals surface area contributed by atoms with Gasteiger partial charge >= 0.3 is 11.9 Å². The summed E-state index contributed by atoms with van der Waals surface area (Å²) in [6.07, 6.45) is 0.262. The van der Waals surface area contributed by atoms with Crippen LogP contribution in [0.25, 0.3) is 0 Å². The summed E-state index contributed by atoms with van der Waals surface area (Å²) in [4.78, 5) is 19.2. The van der Waals surface area contributed by atoms with Crippen LogP contribution in [0, 0.1) is 6.42 Å². The molecule has 0 aromatic rings. The van der Waals surface area contributed by atoms with E-state index in [-0.39, 0.29) is 0 Å². The fourth-order valence-corrected chi connectivity index (χ4v) is 0.175. The SMILES string of the molecule is O=C(O)[CH]CC(=O)O. The van der Waals surface area contributed by atoms with Gasteiger partial charge in [-0.25, -0.2) is 0 Å². The first-order chi connectivity index (χ1) is 3.63. The van der Waals surface area contributed by atoms with E-state index in [4.69, 9.17) is 10.2 Å². The van der Waals surface area contributed by atoms with Gasteiger partial charge in [0.15, 0.2) is 0 Å². The summed E-state index contributed by atoms with van der Waals surface area (Å²) in [5.41, 5.74) is 0. The number of aliphatic carboxylic acids is 2. The molecule has 0 heterocycles. The van der Waals surface area contributed by atoms with Crippen LogP contribution in [0.15, 0.2) is 0 Å². The van der Waals surface area contributed by atoms with Crippen LogP contribution in [-0.4, -0.2) is 22.2 Å². The topological polar surface area (TPSA) is 74.6 Å². The van der Waals surface area contributed by atoms with Crippen LogP contribution in [0.2, 0.25) is 0 Å². The summed E-state index contributed by atoms with van der Waals surface area (Å²) >= 11 is 0. The van der Waals surface area contributed by atoms with Gasteiger partial charge in [0.05, 0.1) is 12.8 Å². The van der Waals surface area contributed by atoms with Gasteiger partial charge < -0.3 is 10.2 Å². The van der Waals surface area contributed by atoms with Crippen LogP contribution in [0.3, 0.4) is 0 Å². The molecule has 0 unspecified atom stereocenters. The van der Waals surface area contributed by atoms with Gasteiger partial charge in [-0.1, -0.05) is 0 Å². The Labute approximate surface area is 45.7 Å². The normalized spacial score (nSPS) is 8.50. The lowest BCUT2D eigenvalue weighted by Gasteiger charge is -1.84. The van der Waals surface area contributed by atoms with E-state index >= 15 is 0 Å². The molecule has 0 fully saturated rings. The van der Waals surface area contributed by atoms with E-state index in [1.54, 1.807) is 0 Å². The average molecular weight is 117 g/mol. The molecule has 0 saturated carbocycles. The average Bonchev–Trinajstić information content (AvgIpc) is 1.61. The maximum absolute atomic E-state index is 9.61. The van der Waals surface area contributed by atoms with E-state index in [1.165, 1.54) is 0 Å². The van der Waals surface area contributed by atoms with Gasteiger partial charge in [0.1, 0.15) is 0 Å². The molecule has 4 heteroatoms. The molecule has 0 aliphatic carbocycles. The molecule has 0 aliphatic heterocycles. The van der Waals surface area contributed by atoms with E-state index in [0.29, 0.717) is 6.42 Å². The summed E-state index contributed by atoms with van der Waals surface area (Å²) in [5, 5.41) is 15.7. The molecule has 0 aromatic carbocycles. The van der Waals surface area contributed by atoms with Crippen molar-refractivity contribution in [2.75, 3.05) is 0 Å². The van der Waals surface area contributed by atoms with Crippen molar-refractivity contribution >= 4 is 11.9 Å². The standard InChI is InChI=1S/C4H5O4/c5-3(6)1-2-4(7)8/h1H,2H2,(H,5,6)(H,7,8). The molecule has 2 N–H and O–H groups in total. The molecule has 0 aromatic heterocycles. The first kappa shape index (κ1) is 6.94. The molecule has 1 radical (unpaired) electrons. The highest BCUT2D eigenvalue weighted by atomic mass is 16.4. The minimum Gasteiger partial charge on any atom is -0.481 e. The van der Waals surface area contributed by atoms with Gasteiger partial charge in [0.2, 0.25) is 0 Å². The van der Waals surface area contributed by atoms with Gasteiger partial charge in [-0.15, -0.1) is 0 Å². The molecule has 0 spiro atoms. The monoisotopic (exact) mass is 117 g/mol. The second-order valence-electron chi connectivity index (χ2n) is 1.14. The molecule has 0 rings (SSSR count). The van der Waals surface area contributed by atoms with Crippen LogP contribution in [0.4, 0.5) is 0 Å². The Morgan fingerprint density at radius 2 is 1.88 bits per heavy atom. The molecule has 0 amide bonds. The minimum absolute atomic E-state index is 0.421. The fraction of sp³-hybridized carbons (Fsp3) is 0.250. The van der Waals surface area contributed by atoms with E-state index in [1.807, 2.05) is 0 Å². The maximum atomic E-state index is 9.61.